The number of nitrogens with one attached hydrogen (secondary N) is 2. The van der Waals surface area contributed by atoms with Crippen LogP contribution in [0.4, 0.5) is 10.1 Å². The van der Waals surface area contributed by atoms with Crippen molar-refractivity contribution in [3.8, 4) is 11.3 Å². The van der Waals surface area contributed by atoms with Crippen LogP contribution in [0.3, 0.4) is 0 Å². The quantitative estimate of drug-likeness (QED) is 0.712. The highest BCUT2D eigenvalue weighted by Crippen LogP contribution is 2.20. The number of carbonyl (C=O) groups is 2. The summed E-state index contributed by atoms with van der Waals surface area (Å²) in [7, 11) is 0. The summed E-state index contributed by atoms with van der Waals surface area (Å²) in [5.41, 5.74) is 3.19. The predicted octanol–water partition coefficient (Wildman–Crippen LogP) is 3.59. The van der Waals surface area contributed by atoms with Crippen molar-refractivity contribution >= 4 is 17.5 Å². The van der Waals surface area contributed by atoms with Gasteiger partial charge in [0, 0.05) is 30.8 Å². The minimum absolute atomic E-state index is 0.167. The van der Waals surface area contributed by atoms with Crippen molar-refractivity contribution in [2.75, 3.05) is 11.9 Å². The lowest BCUT2D eigenvalue weighted by molar-refractivity contribution is -0.128. The lowest BCUT2D eigenvalue weighted by Crippen LogP contribution is -2.23. The lowest BCUT2D eigenvalue weighted by atomic mass is 10.1. The van der Waals surface area contributed by atoms with Crippen molar-refractivity contribution in [2.45, 2.75) is 19.4 Å². The average Bonchev–Trinajstić information content (AvgIpc) is 3.33. The number of hydrogen-bond donors (Lipinski definition) is 2. The first-order chi connectivity index (χ1) is 13.6. The van der Waals surface area contributed by atoms with Crippen molar-refractivity contribution in [3.05, 3.63) is 71.7 Å². The van der Waals surface area contributed by atoms with Crippen molar-refractivity contribution in [1.29, 1.82) is 0 Å². The summed E-state index contributed by atoms with van der Waals surface area (Å²) in [5.74, 6) is -0.483. The van der Waals surface area contributed by atoms with Gasteiger partial charge in [0.2, 0.25) is 5.91 Å². The minimum atomic E-state index is -0.326. The summed E-state index contributed by atoms with van der Waals surface area (Å²) >= 11 is 0. The number of H-pyrrole nitrogens is 1. The van der Waals surface area contributed by atoms with Gasteiger partial charge < -0.3 is 10.2 Å². The normalized spacial score (nSPS) is 13.8. The van der Waals surface area contributed by atoms with E-state index in [9.17, 15) is 14.0 Å². The van der Waals surface area contributed by atoms with E-state index >= 15 is 0 Å². The van der Waals surface area contributed by atoms with Gasteiger partial charge in [0.15, 0.2) is 0 Å². The fraction of sp³-hybridized carbons (Fsp3) is 0.190. The zero-order chi connectivity index (χ0) is 19.5. The number of amides is 2. The second-order valence-corrected chi connectivity index (χ2v) is 6.75. The maximum Gasteiger partial charge on any atom is 0.273 e. The zero-order valence-electron chi connectivity index (χ0n) is 15.1. The van der Waals surface area contributed by atoms with E-state index in [4.69, 9.17) is 0 Å². The number of hydrogen-bond acceptors (Lipinski definition) is 3. The topological polar surface area (TPSA) is 78.1 Å². The molecule has 0 spiro atoms. The molecule has 2 heterocycles. The number of rotatable bonds is 5. The number of halogens is 1. The zero-order valence-corrected chi connectivity index (χ0v) is 15.1. The standard InChI is InChI=1S/C21H19FN4O2/c22-16-8-6-15(7-9-16)18-12-19(25-24-18)21(28)23-17-4-1-3-14(11-17)13-26-10-2-5-20(26)27/h1,3-4,6-9,11-12H,2,5,10,13H2,(H,23,28)(H,24,25). The first-order valence-electron chi connectivity index (χ1n) is 9.08. The molecule has 142 valence electrons. The Morgan fingerprint density at radius 2 is 2.00 bits per heavy atom. The SMILES string of the molecule is O=C(Nc1cccc(CN2CCCC2=O)c1)c1cc(-c2ccc(F)cc2)n[nH]1. The van der Waals surface area contributed by atoms with Crippen LogP contribution in [0.25, 0.3) is 11.3 Å². The van der Waals surface area contributed by atoms with E-state index in [1.165, 1.54) is 12.1 Å². The van der Waals surface area contributed by atoms with Crippen LogP contribution in [0.2, 0.25) is 0 Å². The van der Waals surface area contributed by atoms with E-state index in [0.29, 0.717) is 35.6 Å². The molecule has 1 aliphatic rings. The number of anilines is 1. The molecule has 1 fully saturated rings. The molecule has 28 heavy (non-hydrogen) atoms. The largest absolute Gasteiger partial charge is 0.338 e. The molecule has 6 nitrogen and oxygen atoms in total. The molecule has 0 atom stereocenters. The number of likely N-dealkylation sites (tertiary alicyclic amines) is 1. The molecule has 1 aliphatic heterocycles. The van der Waals surface area contributed by atoms with Gasteiger partial charge in [-0.15, -0.1) is 0 Å². The van der Waals surface area contributed by atoms with Crippen LogP contribution in [0.1, 0.15) is 28.9 Å². The highest BCUT2D eigenvalue weighted by Gasteiger charge is 2.20. The van der Waals surface area contributed by atoms with Gasteiger partial charge in [-0.25, -0.2) is 4.39 Å². The van der Waals surface area contributed by atoms with Crippen molar-refractivity contribution in [3.63, 3.8) is 0 Å². The Morgan fingerprint density at radius 3 is 2.75 bits per heavy atom. The molecule has 2 N–H and O–H groups in total. The summed E-state index contributed by atoms with van der Waals surface area (Å²) in [5, 5.41) is 9.67. The van der Waals surface area contributed by atoms with Gasteiger partial charge in [-0.2, -0.15) is 5.10 Å². The maximum atomic E-state index is 13.0. The van der Waals surface area contributed by atoms with Gasteiger partial charge in [-0.05, 0) is 54.4 Å². The van der Waals surface area contributed by atoms with Crippen molar-refractivity contribution in [2.24, 2.45) is 0 Å². The number of nitrogens with zero attached hydrogens (tertiary/aromatic N) is 2. The van der Waals surface area contributed by atoms with Gasteiger partial charge in [0.05, 0.1) is 5.69 Å². The average molecular weight is 378 g/mol. The smallest absolute Gasteiger partial charge is 0.273 e. The summed E-state index contributed by atoms with van der Waals surface area (Å²) in [6.07, 6.45) is 1.50. The Labute approximate surface area is 161 Å². The van der Waals surface area contributed by atoms with Gasteiger partial charge in [0.1, 0.15) is 11.5 Å². The second kappa shape index (κ2) is 7.64. The Bertz CT molecular complexity index is 1010. The van der Waals surface area contributed by atoms with Crippen LogP contribution in [-0.2, 0) is 11.3 Å². The molecule has 7 heteroatoms. The van der Waals surface area contributed by atoms with Crippen LogP contribution in [0.15, 0.2) is 54.6 Å². The monoisotopic (exact) mass is 378 g/mol. The second-order valence-electron chi connectivity index (χ2n) is 6.75. The fourth-order valence-electron chi connectivity index (χ4n) is 3.24. The molecule has 0 unspecified atom stereocenters. The molecule has 1 saturated heterocycles. The van der Waals surface area contributed by atoms with Gasteiger partial charge in [-0.1, -0.05) is 12.1 Å². The van der Waals surface area contributed by atoms with Crippen LogP contribution in [-0.4, -0.2) is 33.5 Å². The molecule has 2 amide bonds. The third-order valence-electron chi connectivity index (χ3n) is 4.69. The minimum Gasteiger partial charge on any atom is -0.338 e. The summed E-state index contributed by atoms with van der Waals surface area (Å²) in [6.45, 7) is 1.32. The number of benzene rings is 2. The van der Waals surface area contributed by atoms with Gasteiger partial charge in [0.25, 0.3) is 5.91 Å². The molecular formula is C21H19FN4O2. The number of carbonyl (C=O) groups excluding carboxylic acids is 2. The highest BCUT2D eigenvalue weighted by atomic mass is 19.1. The molecule has 3 aromatic rings. The fourth-order valence-corrected chi connectivity index (χ4v) is 3.24. The molecule has 4 rings (SSSR count). The van der Waals surface area contributed by atoms with E-state index in [2.05, 4.69) is 15.5 Å². The van der Waals surface area contributed by atoms with Crippen molar-refractivity contribution < 1.29 is 14.0 Å². The summed E-state index contributed by atoms with van der Waals surface area (Å²) in [4.78, 5) is 26.1. The molecule has 0 radical (unpaired) electrons. The van der Waals surface area contributed by atoms with E-state index in [-0.39, 0.29) is 17.6 Å². The molecule has 2 aromatic carbocycles. The van der Waals surface area contributed by atoms with E-state index in [0.717, 1.165) is 18.5 Å². The highest BCUT2D eigenvalue weighted by molar-refractivity contribution is 6.03. The first kappa shape index (κ1) is 17.9. The van der Waals surface area contributed by atoms with Crippen LogP contribution < -0.4 is 5.32 Å². The third-order valence-corrected chi connectivity index (χ3v) is 4.69. The van der Waals surface area contributed by atoms with Crippen LogP contribution in [0, 0.1) is 5.82 Å². The predicted molar refractivity (Wildman–Crippen MR) is 103 cm³/mol. The first-order valence-corrected chi connectivity index (χ1v) is 9.08. The van der Waals surface area contributed by atoms with Gasteiger partial charge >= 0.3 is 0 Å². The Morgan fingerprint density at radius 1 is 1.18 bits per heavy atom. The van der Waals surface area contributed by atoms with Crippen LogP contribution >= 0.6 is 0 Å². The number of aromatic amines is 1. The molecule has 0 bridgehead atoms. The van der Waals surface area contributed by atoms with Crippen molar-refractivity contribution in [1.82, 2.24) is 15.1 Å². The van der Waals surface area contributed by atoms with Gasteiger partial charge in [-0.3, -0.25) is 14.7 Å². The third kappa shape index (κ3) is 3.93. The van der Waals surface area contributed by atoms with E-state index in [1.54, 1.807) is 24.3 Å². The maximum absolute atomic E-state index is 13.0. The Balaban J connectivity index is 1.44. The molecule has 0 aliphatic carbocycles. The van der Waals surface area contributed by atoms with E-state index < -0.39 is 0 Å². The summed E-state index contributed by atoms with van der Waals surface area (Å²) < 4.78 is 13.0. The Kier molecular flexibility index (Phi) is 4.89. The Hall–Kier alpha value is -3.48. The van der Waals surface area contributed by atoms with E-state index in [1.807, 2.05) is 23.1 Å². The number of aromatic nitrogens is 2. The molecule has 1 aromatic heterocycles. The molecular weight excluding hydrogens is 359 g/mol. The summed E-state index contributed by atoms with van der Waals surface area (Å²) in [6, 6.07) is 15.0. The molecule has 0 saturated carbocycles. The van der Waals surface area contributed by atoms with Crippen LogP contribution in [0.5, 0.6) is 0 Å². The lowest BCUT2D eigenvalue weighted by Gasteiger charge is -2.16.